The molecule has 0 fully saturated rings. The molecule has 0 aromatic rings. The molecular weight excluding hydrogens is 1210 g/mol. The second kappa shape index (κ2) is 81.7. The van der Waals surface area contributed by atoms with Gasteiger partial charge in [0.1, 0.15) is 6.61 Å². The number of unbranched alkanes of at least 4 members (excludes halogenated alkanes) is 58. The average molecular weight is 1370 g/mol. The molecule has 9 nitrogen and oxygen atoms in total. The van der Waals surface area contributed by atoms with Gasteiger partial charge >= 0.3 is 19.8 Å². The van der Waals surface area contributed by atoms with Crippen LogP contribution in [0.15, 0.2) is 60.8 Å². The molecule has 0 bridgehead atoms. The zero-order chi connectivity index (χ0) is 69.3. The molecule has 0 rings (SSSR count). The lowest BCUT2D eigenvalue weighted by Gasteiger charge is -2.19. The molecule has 0 aliphatic heterocycles. The van der Waals surface area contributed by atoms with E-state index in [0.717, 1.165) is 64.2 Å². The molecule has 10 heteroatoms. The first-order valence-electron chi connectivity index (χ1n) is 42.3. The summed E-state index contributed by atoms with van der Waals surface area (Å²) in [4.78, 5) is 35.5. The molecule has 0 saturated carbocycles. The summed E-state index contributed by atoms with van der Waals surface area (Å²) in [6, 6.07) is 0. The average Bonchev–Trinajstić information content (AvgIpc) is 3.50. The highest BCUT2D eigenvalue weighted by molar-refractivity contribution is 7.47. The fourth-order valence-electron chi connectivity index (χ4n) is 13.0. The van der Waals surface area contributed by atoms with E-state index >= 15 is 0 Å². The summed E-state index contributed by atoms with van der Waals surface area (Å²) in [5.74, 6) is -0.803. The van der Waals surface area contributed by atoms with Gasteiger partial charge in [0.25, 0.3) is 0 Å². The van der Waals surface area contributed by atoms with E-state index in [-0.39, 0.29) is 38.6 Å². The van der Waals surface area contributed by atoms with Gasteiger partial charge in [0.2, 0.25) is 0 Å². The van der Waals surface area contributed by atoms with Crippen molar-refractivity contribution in [3.05, 3.63) is 60.8 Å². The Labute approximate surface area is 597 Å². The van der Waals surface area contributed by atoms with Crippen LogP contribution in [0.5, 0.6) is 0 Å². The van der Waals surface area contributed by atoms with Crippen LogP contribution in [0.4, 0.5) is 0 Å². The third-order valence-corrected chi connectivity index (χ3v) is 20.2. The molecule has 564 valence electrons. The molecule has 0 aromatic carbocycles. The fraction of sp³-hybridized carbons (Fsp3) is 0.860. The number of esters is 2. The lowest BCUT2D eigenvalue weighted by Crippen LogP contribution is -2.29. The second-order valence-corrected chi connectivity index (χ2v) is 30.1. The minimum absolute atomic E-state index is 0.0553. The van der Waals surface area contributed by atoms with Gasteiger partial charge in [-0.3, -0.25) is 18.6 Å². The van der Waals surface area contributed by atoms with Gasteiger partial charge in [-0.25, -0.2) is 4.57 Å². The minimum Gasteiger partial charge on any atom is -0.462 e. The molecular formula is C86H162NO8P. The van der Waals surface area contributed by atoms with Gasteiger partial charge in [-0.2, -0.15) is 0 Å². The van der Waals surface area contributed by atoms with Crippen molar-refractivity contribution in [1.29, 1.82) is 0 Å². The molecule has 0 heterocycles. The van der Waals surface area contributed by atoms with E-state index in [1.165, 1.54) is 347 Å². The summed E-state index contributed by atoms with van der Waals surface area (Å²) in [6.07, 6.45) is 108. The Bertz CT molecular complexity index is 1760. The molecule has 0 aliphatic rings. The van der Waals surface area contributed by atoms with E-state index in [2.05, 4.69) is 74.6 Å². The van der Waals surface area contributed by atoms with Crippen LogP contribution in [0.3, 0.4) is 0 Å². The molecule has 0 saturated heterocycles. The van der Waals surface area contributed by atoms with Crippen molar-refractivity contribution in [3.63, 3.8) is 0 Å². The SMILES string of the molecule is CC/C=C\C/C=C\C/C=C\C/C=C\C/C=C\CCCCCCCCCCCCCCCCCCCCCC(=O)OC(COC(=O)CCCCCCCCCCCCCCCCCCCCCCCCCCCCCCCCCCCCCCCCCC)COP(=O)(O)OCCN. The van der Waals surface area contributed by atoms with Gasteiger partial charge in [0.15, 0.2) is 6.10 Å². The zero-order valence-electron chi connectivity index (χ0n) is 63.9. The van der Waals surface area contributed by atoms with Crippen molar-refractivity contribution in [1.82, 2.24) is 0 Å². The number of carbonyl (C=O) groups is 2. The third kappa shape index (κ3) is 80.7. The maximum atomic E-state index is 12.8. The Kier molecular flexibility index (Phi) is 79.7. The Hall–Kier alpha value is -2.29. The summed E-state index contributed by atoms with van der Waals surface area (Å²) >= 11 is 0. The summed E-state index contributed by atoms with van der Waals surface area (Å²) in [6.45, 7) is 3.71. The molecule has 0 aliphatic carbocycles. The van der Waals surface area contributed by atoms with Crippen LogP contribution in [-0.2, 0) is 32.7 Å². The van der Waals surface area contributed by atoms with Crippen LogP contribution in [0.1, 0.15) is 444 Å². The second-order valence-electron chi connectivity index (χ2n) is 28.7. The number of carbonyl (C=O) groups excluding carboxylic acids is 2. The van der Waals surface area contributed by atoms with Crippen LogP contribution < -0.4 is 5.73 Å². The number of nitrogens with two attached hydrogens (primary N) is 1. The summed E-state index contributed by atoms with van der Waals surface area (Å²) in [5, 5.41) is 0. The molecule has 0 amide bonds. The maximum absolute atomic E-state index is 12.8. The third-order valence-electron chi connectivity index (χ3n) is 19.2. The van der Waals surface area contributed by atoms with Crippen molar-refractivity contribution in [2.75, 3.05) is 26.4 Å². The summed E-state index contributed by atoms with van der Waals surface area (Å²) < 4.78 is 33.3. The molecule has 0 spiro atoms. The van der Waals surface area contributed by atoms with Gasteiger partial charge in [-0.05, 0) is 57.8 Å². The molecule has 0 aromatic heterocycles. The predicted molar refractivity (Wildman–Crippen MR) is 418 cm³/mol. The first-order valence-corrected chi connectivity index (χ1v) is 43.8. The molecule has 0 radical (unpaired) electrons. The maximum Gasteiger partial charge on any atom is 0.472 e. The first kappa shape index (κ1) is 93.7. The van der Waals surface area contributed by atoms with E-state index in [1.807, 2.05) is 0 Å². The van der Waals surface area contributed by atoms with Gasteiger partial charge in [-0.15, -0.1) is 0 Å². The van der Waals surface area contributed by atoms with Crippen LogP contribution in [-0.4, -0.2) is 49.3 Å². The highest BCUT2D eigenvalue weighted by Gasteiger charge is 2.26. The molecule has 2 atom stereocenters. The number of hydrogen-bond acceptors (Lipinski definition) is 8. The smallest absolute Gasteiger partial charge is 0.462 e. The first-order chi connectivity index (χ1) is 47.3. The van der Waals surface area contributed by atoms with Crippen molar-refractivity contribution in [3.8, 4) is 0 Å². The van der Waals surface area contributed by atoms with Gasteiger partial charge in [0.05, 0.1) is 13.2 Å². The molecule has 96 heavy (non-hydrogen) atoms. The summed E-state index contributed by atoms with van der Waals surface area (Å²) in [7, 11) is -4.40. The van der Waals surface area contributed by atoms with Crippen LogP contribution >= 0.6 is 7.82 Å². The number of phosphoric acid groups is 1. The van der Waals surface area contributed by atoms with Gasteiger partial charge in [0, 0.05) is 19.4 Å². The minimum atomic E-state index is -4.40. The predicted octanol–water partition coefficient (Wildman–Crippen LogP) is 28.5. The van der Waals surface area contributed by atoms with Crippen LogP contribution in [0.2, 0.25) is 0 Å². The van der Waals surface area contributed by atoms with Crippen molar-refractivity contribution < 1.29 is 37.6 Å². The standard InChI is InChI=1S/C86H162NO8P/c1-3-5-7-9-11-13-15-17-19-21-23-25-27-29-31-33-35-37-39-40-41-42-43-45-46-48-50-52-54-56-58-60-62-64-66-68-70-72-74-76-78-85(88)92-82-84(83-94-96(90,91)93-81-80-87)95-86(89)79-77-75-73-71-69-67-65-63-61-59-57-55-53-51-49-47-44-38-36-34-32-30-28-26-24-22-20-18-16-14-12-10-8-6-4-2/h6,8,12,14,18,20,24,26,30,32,84H,3-5,7,9-11,13,15-17,19,21-23,25,27-29,31,33-83,87H2,1-2H3,(H,90,91)/b8-6-,14-12-,20-18-,26-24-,32-30-. The topological polar surface area (TPSA) is 134 Å². The van der Waals surface area contributed by atoms with E-state index < -0.39 is 26.5 Å². The lowest BCUT2D eigenvalue weighted by atomic mass is 10.0. The normalized spacial score (nSPS) is 13.1. The molecule has 2 unspecified atom stereocenters. The van der Waals surface area contributed by atoms with Gasteiger partial charge < -0.3 is 20.1 Å². The quantitative estimate of drug-likeness (QED) is 0.0264. The Morgan fingerprint density at radius 1 is 0.323 bits per heavy atom. The zero-order valence-corrected chi connectivity index (χ0v) is 64.8. The Balaban J connectivity index is 3.72. The fourth-order valence-corrected chi connectivity index (χ4v) is 13.7. The largest absolute Gasteiger partial charge is 0.472 e. The van der Waals surface area contributed by atoms with E-state index in [1.54, 1.807) is 0 Å². The Morgan fingerprint density at radius 2 is 0.573 bits per heavy atom. The monoisotopic (exact) mass is 1370 g/mol. The number of ether oxygens (including phenoxy) is 2. The van der Waals surface area contributed by atoms with E-state index in [9.17, 15) is 19.0 Å². The van der Waals surface area contributed by atoms with Crippen LogP contribution in [0.25, 0.3) is 0 Å². The highest BCUT2D eigenvalue weighted by Crippen LogP contribution is 2.43. The number of hydrogen-bond donors (Lipinski definition) is 2. The van der Waals surface area contributed by atoms with Crippen molar-refractivity contribution in [2.24, 2.45) is 5.73 Å². The summed E-state index contributed by atoms with van der Waals surface area (Å²) in [5.41, 5.74) is 5.42. The number of phosphoric ester groups is 1. The van der Waals surface area contributed by atoms with Crippen molar-refractivity contribution >= 4 is 19.8 Å². The van der Waals surface area contributed by atoms with Crippen LogP contribution in [0, 0.1) is 0 Å². The van der Waals surface area contributed by atoms with E-state index in [0.29, 0.717) is 6.42 Å². The van der Waals surface area contributed by atoms with E-state index in [4.69, 9.17) is 24.3 Å². The number of rotatable bonds is 81. The van der Waals surface area contributed by atoms with Crippen molar-refractivity contribution in [2.45, 2.75) is 450 Å². The molecule has 3 N–H and O–H groups in total. The highest BCUT2D eigenvalue weighted by atomic mass is 31.2. The lowest BCUT2D eigenvalue weighted by molar-refractivity contribution is -0.161. The Morgan fingerprint density at radius 3 is 0.854 bits per heavy atom. The number of allylic oxidation sites excluding steroid dienone is 10. The van der Waals surface area contributed by atoms with Gasteiger partial charge in [-0.1, -0.05) is 434 Å².